The first-order valence-electron chi connectivity index (χ1n) is 6.37. The summed E-state index contributed by atoms with van der Waals surface area (Å²) in [5, 5.41) is 0.891. The Kier molecular flexibility index (Phi) is 3.51. The van der Waals surface area contributed by atoms with Gasteiger partial charge in [-0.15, -0.1) is 0 Å². The molecule has 0 aliphatic carbocycles. The van der Waals surface area contributed by atoms with Gasteiger partial charge in [0.15, 0.2) is 0 Å². The molecule has 0 atom stereocenters. The van der Waals surface area contributed by atoms with Crippen molar-refractivity contribution in [2.24, 2.45) is 0 Å². The average Bonchev–Trinajstić information content (AvgIpc) is 2.41. The molecule has 5 heteroatoms. The number of ether oxygens (including phenoxy) is 1. The van der Waals surface area contributed by atoms with Crippen LogP contribution in [0.2, 0.25) is 0 Å². The quantitative estimate of drug-likeness (QED) is 0.647. The van der Waals surface area contributed by atoms with Crippen LogP contribution in [0.5, 0.6) is 11.6 Å². The zero-order chi connectivity index (χ0) is 15.0. The van der Waals surface area contributed by atoms with Gasteiger partial charge in [-0.3, -0.25) is 0 Å². The number of hydrogen-bond donors (Lipinski definition) is 0. The number of halogens is 1. The van der Waals surface area contributed by atoms with Gasteiger partial charge in [0.2, 0.25) is 5.88 Å². The standard InChI is InChI=1S/C16H12BrNO3/c1-9-6-15(19)21-14-7-12(3-4-13(9)14)20-16-10(2)5-11(17)8-18-16/h3-8H,1-2H3. The molecule has 0 unspecified atom stereocenters. The number of fused-ring (bicyclic) bond motifs is 1. The van der Waals surface area contributed by atoms with Gasteiger partial charge in [0.1, 0.15) is 11.3 Å². The van der Waals surface area contributed by atoms with Gasteiger partial charge in [-0.2, -0.15) is 0 Å². The predicted molar refractivity (Wildman–Crippen MR) is 84.0 cm³/mol. The van der Waals surface area contributed by atoms with Gasteiger partial charge in [0, 0.05) is 33.8 Å². The van der Waals surface area contributed by atoms with Gasteiger partial charge in [0.05, 0.1) is 0 Å². The zero-order valence-electron chi connectivity index (χ0n) is 11.5. The maximum atomic E-state index is 11.4. The number of hydrogen-bond acceptors (Lipinski definition) is 4. The molecular formula is C16H12BrNO3. The molecule has 106 valence electrons. The summed E-state index contributed by atoms with van der Waals surface area (Å²) in [5.74, 6) is 1.10. The van der Waals surface area contributed by atoms with Gasteiger partial charge in [-0.25, -0.2) is 9.78 Å². The van der Waals surface area contributed by atoms with E-state index in [0.717, 1.165) is 21.0 Å². The highest BCUT2D eigenvalue weighted by Gasteiger charge is 2.07. The van der Waals surface area contributed by atoms with E-state index in [-0.39, 0.29) is 5.63 Å². The van der Waals surface area contributed by atoms with Crippen molar-refractivity contribution < 1.29 is 9.15 Å². The summed E-state index contributed by atoms with van der Waals surface area (Å²) in [6, 6.07) is 8.81. The maximum Gasteiger partial charge on any atom is 0.336 e. The van der Waals surface area contributed by atoms with Crippen molar-refractivity contribution in [3.63, 3.8) is 0 Å². The van der Waals surface area contributed by atoms with Crippen LogP contribution in [-0.4, -0.2) is 4.98 Å². The minimum absolute atomic E-state index is 0.366. The smallest absolute Gasteiger partial charge is 0.336 e. The molecule has 0 bridgehead atoms. The SMILES string of the molecule is Cc1cc(Br)cnc1Oc1ccc2c(C)cc(=O)oc2c1. The Morgan fingerprint density at radius 2 is 1.95 bits per heavy atom. The Morgan fingerprint density at radius 3 is 2.71 bits per heavy atom. The average molecular weight is 346 g/mol. The molecule has 4 nitrogen and oxygen atoms in total. The number of nitrogens with zero attached hydrogens (tertiary/aromatic N) is 1. The van der Waals surface area contributed by atoms with Crippen LogP contribution in [0.25, 0.3) is 11.0 Å². The normalized spacial score (nSPS) is 10.8. The Balaban J connectivity index is 2.03. The van der Waals surface area contributed by atoms with E-state index in [1.54, 1.807) is 12.3 Å². The number of aryl methyl sites for hydroxylation is 2. The Hall–Kier alpha value is -2.14. The first-order chi connectivity index (χ1) is 10.0. The molecule has 1 aromatic carbocycles. The first-order valence-corrected chi connectivity index (χ1v) is 7.17. The fourth-order valence-corrected chi connectivity index (χ4v) is 2.56. The van der Waals surface area contributed by atoms with Crippen molar-refractivity contribution in [2.45, 2.75) is 13.8 Å². The zero-order valence-corrected chi connectivity index (χ0v) is 13.1. The molecular weight excluding hydrogens is 334 g/mol. The molecule has 2 heterocycles. The molecule has 0 aliphatic rings. The highest BCUT2D eigenvalue weighted by Crippen LogP contribution is 2.28. The van der Waals surface area contributed by atoms with Crippen LogP contribution in [0, 0.1) is 13.8 Å². The van der Waals surface area contributed by atoms with E-state index in [4.69, 9.17) is 9.15 Å². The Morgan fingerprint density at radius 1 is 1.14 bits per heavy atom. The largest absolute Gasteiger partial charge is 0.439 e. The Bertz CT molecular complexity index is 886. The van der Waals surface area contributed by atoms with Gasteiger partial charge in [-0.1, -0.05) is 0 Å². The number of rotatable bonds is 2. The molecule has 0 radical (unpaired) electrons. The highest BCUT2D eigenvalue weighted by atomic mass is 79.9. The summed E-state index contributed by atoms with van der Waals surface area (Å²) in [7, 11) is 0. The van der Waals surface area contributed by atoms with Gasteiger partial charge in [0.25, 0.3) is 0 Å². The molecule has 0 N–H and O–H groups in total. The molecule has 0 saturated carbocycles. The number of aromatic nitrogens is 1. The monoisotopic (exact) mass is 345 g/mol. The minimum atomic E-state index is -0.366. The third-order valence-electron chi connectivity index (χ3n) is 3.13. The third-order valence-corrected chi connectivity index (χ3v) is 3.57. The summed E-state index contributed by atoms with van der Waals surface area (Å²) in [4.78, 5) is 15.7. The molecule has 3 aromatic rings. The van der Waals surface area contributed by atoms with E-state index in [9.17, 15) is 4.79 Å². The van der Waals surface area contributed by atoms with Crippen LogP contribution < -0.4 is 10.4 Å². The molecule has 3 rings (SSSR count). The van der Waals surface area contributed by atoms with Crippen LogP contribution in [0.4, 0.5) is 0 Å². The number of benzene rings is 1. The van der Waals surface area contributed by atoms with Gasteiger partial charge >= 0.3 is 5.63 Å². The van der Waals surface area contributed by atoms with Crippen LogP contribution in [-0.2, 0) is 0 Å². The van der Waals surface area contributed by atoms with Crippen molar-refractivity contribution in [2.75, 3.05) is 0 Å². The molecule has 0 fully saturated rings. The van der Waals surface area contributed by atoms with E-state index >= 15 is 0 Å². The van der Waals surface area contributed by atoms with Crippen LogP contribution in [0.1, 0.15) is 11.1 Å². The Labute approximate surface area is 129 Å². The fourth-order valence-electron chi connectivity index (χ4n) is 2.12. The maximum absolute atomic E-state index is 11.4. The summed E-state index contributed by atoms with van der Waals surface area (Å²) < 4.78 is 11.9. The van der Waals surface area contributed by atoms with Crippen LogP contribution >= 0.6 is 15.9 Å². The molecule has 0 amide bonds. The van der Waals surface area contributed by atoms with E-state index < -0.39 is 0 Å². The number of pyridine rings is 1. The third kappa shape index (κ3) is 2.83. The van der Waals surface area contributed by atoms with Crippen molar-refractivity contribution in [1.82, 2.24) is 4.98 Å². The van der Waals surface area contributed by atoms with Crippen LogP contribution in [0.3, 0.4) is 0 Å². The summed E-state index contributed by atoms with van der Waals surface area (Å²) >= 11 is 3.36. The lowest BCUT2D eigenvalue weighted by Gasteiger charge is -2.08. The topological polar surface area (TPSA) is 52.3 Å². The van der Waals surface area contributed by atoms with Gasteiger partial charge in [-0.05, 0) is 53.5 Å². The second-order valence-corrected chi connectivity index (χ2v) is 5.70. The van der Waals surface area contributed by atoms with Crippen molar-refractivity contribution >= 4 is 26.9 Å². The molecule has 2 aromatic heterocycles. The molecule has 0 aliphatic heterocycles. The summed E-state index contributed by atoms with van der Waals surface area (Å²) in [5.41, 5.74) is 1.93. The lowest BCUT2D eigenvalue weighted by Crippen LogP contribution is -1.98. The van der Waals surface area contributed by atoms with E-state index in [2.05, 4.69) is 20.9 Å². The van der Waals surface area contributed by atoms with Crippen molar-refractivity contribution in [1.29, 1.82) is 0 Å². The van der Waals surface area contributed by atoms with E-state index in [1.165, 1.54) is 6.07 Å². The minimum Gasteiger partial charge on any atom is -0.439 e. The van der Waals surface area contributed by atoms with E-state index in [1.807, 2.05) is 32.0 Å². The second-order valence-electron chi connectivity index (χ2n) is 4.78. The lowest BCUT2D eigenvalue weighted by atomic mass is 10.1. The van der Waals surface area contributed by atoms with Crippen LogP contribution in [0.15, 0.2) is 50.2 Å². The summed E-state index contributed by atoms with van der Waals surface area (Å²) in [6.45, 7) is 3.79. The molecule has 21 heavy (non-hydrogen) atoms. The van der Waals surface area contributed by atoms with Crippen molar-refractivity contribution in [3.05, 3.63) is 62.5 Å². The van der Waals surface area contributed by atoms with Crippen molar-refractivity contribution in [3.8, 4) is 11.6 Å². The second kappa shape index (κ2) is 5.33. The van der Waals surface area contributed by atoms with E-state index in [0.29, 0.717) is 17.2 Å². The summed E-state index contributed by atoms with van der Waals surface area (Å²) in [6.07, 6.45) is 1.67. The highest BCUT2D eigenvalue weighted by molar-refractivity contribution is 9.10. The predicted octanol–water partition coefficient (Wildman–Crippen LogP) is 4.36. The first kappa shape index (κ1) is 13.8. The fraction of sp³-hybridized carbons (Fsp3) is 0.125. The molecule has 0 saturated heterocycles. The lowest BCUT2D eigenvalue weighted by molar-refractivity contribution is 0.457. The molecule has 0 spiro atoms. The van der Waals surface area contributed by atoms with Gasteiger partial charge < -0.3 is 9.15 Å².